The first-order chi connectivity index (χ1) is 8.58. The van der Waals surface area contributed by atoms with Crippen molar-refractivity contribution in [2.24, 2.45) is 0 Å². The van der Waals surface area contributed by atoms with Gasteiger partial charge in [-0.25, -0.2) is 4.79 Å². The Morgan fingerprint density at radius 1 is 1.44 bits per heavy atom. The normalized spacial score (nSPS) is 10.3. The molecule has 1 aromatic carbocycles. The summed E-state index contributed by atoms with van der Waals surface area (Å²) in [6.45, 7) is 0. The lowest BCUT2D eigenvalue weighted by Crippen LogP contribution is -2.17. The zero-order chi connectivity index (χ0) is 13.1. The average Bonchev–Trinajstić information content (AvgIpc) is 2.68. The van der Waals surface area contributed by atoms with Crippen molar-refractivity contribution in [3.63, 3.8) is 0 Å². The maximum atomic E-state index is 11.4. The Kier molecular flexibility index (Phi) is 3.13. The number of hydrogen-bond acceptors (Lipinski definition) is 5. The molecule has 0 aliphatic rings. The summed E-state index contributed by atoms with van der Waals surface area (Å²) in [4.78, 5) is 35.7. The highest BCUT2D eigenvalue weighted by Crippen LogP contribution is 2.16. The summed E-state index contributed by atoms with van der Waals surface area (Å²) in [5, 5.41) is 2.51. The Balaban J connectivity index is 2.14. The molecule has 2 N–H and O–H groups in total. The number of fused-ring (bicyclic) bond motifs is 1. The molecule has 0 fully saturated rings. The molecule has 0 saturated heterocycles. The molecule has 0 unspecified atom stereocenters. The zero-order valence-corrected chi connectivity index (χ0v) is 9.48. The van der Waals surface area contributed by atoms with E-state index in [1.165, 1.54) is 13.2 Å². The number of carbonyl (C=O) groups excluding carboxylic acids is 2. The fraction of sp³-hybridized carbons (Fsp3) is 0.182. The summed E-state index contributed by atoms with van der Waals surface area (Å²) in [6.07, 6.45) is -0.365. The number of amides is 1. The molecular weight excluding hydrogens is 240 g/mol. The number of ether oxygens (including phenoxy) is 1. The summed E-state index contributed by atoms with van der Waals surface area (Å²) >= 11 is 0. The Bertz CT molecular complexity index is 655. The van der Waals surface area contributed by atoms with Crippen molar-refractivity contribution in [3.8, 4) is 0 Å². The number of anilines is 1. The minimum atomic E-state index is -0.620. The molecule has 0 aliphatic carbocycles. The van der Waals surface area contributed by atoms with Crippen molar-refractivity contribution in [1.82, 2.24) is 4.98 Å². The predicted molar refractivity (Wildman–Crippen MR) is 62.1 cm³/mol. The van der Waals surface area contributed by atoms with Gasteiger partial charge in [0.15, 0.2) is 5.58 Å². The molecule has 94 valence electrons. The lowest BCUT2D eigenvalue weighted by Gasteiger charge is -2.03. The number of esters is 1. The van der Waals surface area contributed by atoms with Gasteiger partial charge >= 0.3 is 11.7 Å². The number of rotatable bonds is 3. The van der Waals surface area contributed by atoms with Gasteiger partial charge in [-0.05, 0) is 18.2 Å². The smallest absolute Gasteiger partial charge is 0.417 e. The lowest BCUT2D eigenvalue weighted by molar-refractivity contribution is -0.142. The number of oxazole rings is 1. The van der Waals surface area contributed by atoms with E-state index in [4.69, 9.17) is 4.42 Å². The average molecular weight is 250 g/mol. The maximum absolute atomic E-state index is 11.4. The number of methoxy groups -OCH3 is 1. The molecule has 1 aromatic heterocycles. The Hall–Kier alpha value is -2.57. The van der Waals surface area contributed by atoms with Gasteiger partial charge in [-0.15, -0.1) is 0 Å². The second-order valence-corrected chi connectivity index (χ2v) is 3.53. The molecule has 2 rings (SSSR count). The van der Waals surface area contributed by atoms with Crippen molar-refractivity contribution in [3.05, 3.63) is 28.7 Å². The minimum Gasteiger partial charge on any atom is -0.469 e. The van der Waals surface area contributed by atoms with Gasteiger partial charge in [-0.2, -0.15) is 0 Å². The molecule has 0 radical (unpaired) electrons. The van der Waals surface area contributed by atoms with Crippen LogP contribution in [0, 0.1) is 0 Å². The highest BCUT2D eigenvalue weighted by Gasteiger charge is 2.10. The van der Waals surface area contributed by atoms with Gasteiger partial charge in [0, 0.05) is 5.69 Å². The lowest BCUT2D eigenvalue weighted by atomic mass is 10.2. The zero-order valence-electron chi connectivity index (χ0n) is 9.48. The monoisotopic (exact) mass is 250 g/mol. The van der Waals surface area contributed by atoms with E-state index in [0.717, 1.165) is 0 Å². The number of nitrogens with one attached hydrogen (secondary N) is 2. The van der Waals surface area contributed by atoms with Crippen LogP contribution in [0.1, 0.15) is 6.42 Å². The molecular formula is C11H10N2O5. The van der Waals surface area contributed by atoms with Crippen LogP contribution in [0.15, 0.2) is 27.4 Å². The van der Waals surface area contributed by atoms with Gasteiger partial charge in [0.25, 0.3) is 0 Å². The van der Waals surface area contributed by atoms with Gasteiger partial charge in [0.05, 0.1) is 12.6 Å². The third kappa shape index (κ3) is 2.57. The van der Waals surface area contributed by atoms with E-state index in [-0.39, 0.29) is 6.42 Å². The van der Waals surface area contributed by atoms with E-state index in [9.17, 15) is 14.4 Å². The second kappa shape index (κ2) is 4.74. The van der Waals surface area contributed by atoms with Crippen molar-refractivity contribution >= 4 is 28.7 Å². The van der Waals surface area contributed by atoms with Gasteiger partial charge in [-0.1, -0.05) is 0 Å². The maximum Gasteiger partial charge on any atom is 0.417 e. The first-order valence-corrected chi connectivity index (χ1v) is 5.08. The Labute approximate surface area is 101 Å². The number of carbonyl (C=O) groups is 2. The molecule has 0 atom stereocenters. The first kappa shape index (κ1) is 11.9. The van der Waals surface area contributed by atoms with Crippen molar-refractivity contribution in [2.75, 3.05) is 12.4 Å². The van der Waals surface area contributed by atoms with Gasteiger partial charge in [0.1, 0.15) is 6.42 Å². The summed E-state index contributed by atoms with van der Waals surface area (Å²) in [5.74, 6) is -1.68. The number of aromatic amines is 1. The second-order valence-electron chi connectivity index (χ2n) is 3.53. The van der Waals surface area contributed by atoms with Crippen molar-refractivity contribution < 1.29 is 18.7 Å². The standard InChI is InChI=1S/C11H10N2O5/c1-17-10(15)5-9(14)12-6-2-3-8-7(4-6)13-11(16)18-8/h2-4H,5H2,1H3,(H,12,14)(H,13,16). The molecule has 7 heteroatoms. The molecule has 7 nitrogen and oxygen atoms in total. The molecule has 2 aromatic rings. The van der Waals surface area contributed by atoms with Crippen LogP contribution in [-0.2, 0) is 14.3 Å². The first-order valence-electron chi connectivity index (χ1n) is 5.08. The van der Waals surface area contributed by atoms with E-state index >= 15 is 0 Å². The number of H-pyrrole nitrogens is 1. The topological polar surface area (TPSA) is 101 Å². The molecule has 0 aliphatic heterocycles. The van der Waals surface area contributed by atoms with Gasteiger partial charge in [0.2, 0.25) is 5.91 Å². The largest absolute Gasteiger partial charge is 0.469 e. The van der Waals surface area contributed by atoms with Crippen LogP contribution in [0.3, 0.4) is 0 Å². The minimum absolute atomic E-state index is 0.365. The molecule has 18 heavy (non-hydrogen) atoms. The fourth-order valence-corrected chi connectivity index (χ4v) is 1.44. The Morgan fingerprint density at radius 3 is 2.94 bits per heavy atom. The molecule has 1 heterocycles. The van der Waals surface area contributed by atoms with Crippen molar-refractivity contribution in [1.29, 1.82) is 0 Å². The molecule has 0 spiro atoms. The van der Waals surface area contributed by atoms with Crippen LogP contribution in [0.2, 0.25) is 0 Å². The van der Waals surface area contributed by atoms with Crippen LogP contribution >= 0.6 is 0 Å². The van der Waals surface area contributed by atoms with E-state index in [0.29, 0.717) is 16.8 Å². The van der Waals surface area contributed by atoms with E-state index in [1.54, 1.807) is 12.1 Å². The van der Waals surface area contributed by atoms with Gasteiger partial charge in [-0.3, -0.25) is 14.6 Å². The summed E-state index contributed by atoms with van der Waals surface area (Å²) in [6, 6.07) is 4.64. The molecule has 1 amide bonds. The van der Waals surface area contributed by atoms with Crippen molar-refractivity contribution in [2.45, 2.75) is 6.42 Å². The van der Waals surface area contributed by atoms with Crippen LogP contribution < -0.4 is 11.1 Å². The Morgan fingerprint density at radius 2 is 2.22 bits per heavy atom. The fourth-order valence-electron chi connectivity index (χ4n) is 1.44. The molecule has 0 bridgehead atoms. The summed E-state index contributed by atoms with van der Waals surface area (Å²) < 4.78 is 9.18. The highest BCUT2D eigenvalue weighted by atomic mass is 16.5. The van der Waals surface area contributed by atoms with Crippen LogP contribution in [0.4, 0.5) is 5.69 Å². The third-order valence-corrected chi connectivity index (χ3v) is 2.24. The van der Waals surface area contributed by atoms with Crippen LogP contribution in [0.5, 0.6) is 0 Å². The van der Waals surface area contributed by atoms with Crippen LogP contribution in [-0.4, -0.2) is 24.0 Å². The van der Waals surface area contributed by atoms with Gasteiger partial charge < -0.3 is 14.5 Å². The predicted octanol–water partition coefficient (Wildman–Crippen LogP) is 0.623. The summed E-state index contributed by atoms with van der Waals surface area (Å²) in [5.41, 5.74) is 1.32. The number of benzene rings is 1. The van der Waals surface area contributed by atoms with E-state index in [1.807, 2.05) is 0 Å². The number of aromatic nitrogens is 1. The van der Waals surface area contributed by atoms with Crippen LogP contribution in [0.25, 0.3) is 11.1 Å². The van der Waals surface area contributed by atoms with E-state index < -0.39 is 17.6 Å². The number of hydrogen-bond donors (Lipinski definition) is 2. The quantitative estimate of drug-likeness (QED) is 0.614. The SMILES string of the molecule is COC(=O)CC(=O)Nc1ccc2oc(=O)[nH]c2c1. The van der Waals surface area contributed by atoms with E-state index in [2.05, 4.69) is 15.0 Å². The summed E-state index contributed by atoms with van der Waals surface area (Å²) in [7, 11) is 1.21. The molecule has 0 saturated carbocycles. The highest BCUT2D eigenvalue weighted by molar-refractivity contribution is 6.02. The third-order valence-electron chi connectivity index (χ3n) is 2.24.